The van der Waals surface area contributed by atoms with Gasteiger partial charge in [0.1, 0.15) is 11.9 Å². The monoisotopic (exact) mass is 305 g/mol. The maximum atomic E-state index is 12.4. The van der Waals surface area contributed by atoms with E-state index in [0.29, 0.717) is 6.61 Å². The number of ether oxygens (including phenoxy) is 1. The molecule has 1 amide bonds. The summed E-state index contributed by atoms with van der Waals surface area (Å²) in [6.07, 6.45) is 4.38. The zero-order valence-electron chi connectivity index (χ0n) is 12.2. The highest BCUT2D eigenvalue weighted by atomic mass is 32.1. The summed E-state index contributed by atoms with van der Waals surface area (Å²) >= 11 is 1.55. The van der Waals surface area contributed by atoms with Gasteiger partial charge in [-0.05, 0) is 31.2 Å². The fourth-order valence-corrected chi connectivity index (χ4v) is 3.50. The van der Waals surface area contributed by atoms with Crippen LogP contribution in [-0.2, 0) is 11.3 Å². The minimum absolute atomic E-state index is 0.0236. The third-order valence-corrected chi connectivity index (χ3v) is 4.71. The van der Waals surface area contributed by atoms with E-state index in [4.69, 9.17) is 4.74 Å². The lowest BCUT2D eigenvalue weighted by Gasteiger charge is -2.20. The standard InChI is InChI=1S/C15H19N3O2S/c1-3-18-6-5-16-14(18)13-12(4-7-20-13)17-15(19)11-9-21-8-10(11)2/h5-6,8-9,12-13H,3-4,7H2,1-2H3,(H,17,19)/t12-,13-/m0/s1. The Labute approximate surface area is 128 Å². The number of hydrogen-bond acceptors (Lipinski definition) is 4. The Hall–Kier alpha value is -1.66. The maximum Gasteiger partial charge on any atom is 0.252 e. The Morgan fingerprint density at radius 1 is 1.57 bits per heavy atom. The number of amides is 1. The molecular formula is C15H19N3O2S. The van der Waals surface area contributed by atoms with Gasteiger partial charge in [-0.1, -0.05) is 0 Å². The van der Waals surface area contributed by atoms with Crippen molar-refractivity contribution in [3.8, 4) is 0 Å². The van der Waals surface area contributed by atoms with E-state index >= 15 is 0 Å². The highest BCUT2D eigenvalue weighted by Gasteiger charge is 2.34. The number of aryl methyl sites for hydroxylation is 2. The van der Waals surface area contributed by atoms with Crippen LogP contribution in [0.3, 0.4) is 0 Å². The lowest BCUT2D eigenvalue weighted by Crippen LogP contribution is -2.37. The van der Waals surface area contributed by atoms with Gasteiger partial charge in [0.2, 0.25) is 0 Å². The van der Waals surface area contributed by atoms with Crippen LogP contribution in [0.15, 0.2) is 23.2 Å². The van der Waals surface area contributed by atoms with Gasteiger partial charge in [0.05, 0.1) is 11.6 Å². The zero-order valence-corrected chi connectivity index (χ0v) is 13.0. The first-order chi connectivity index (χ1) is 10.2. The van der Waals surface area contributed by atoms with E-state index in [9.17, 15) is 4.79 Å². The Morgan fingerprint density at radius 2 is 2.43 bits per heavy atom. The van der Waals surface area contributed by atoms with E-state index in [1.807, 2.05) is 23.9 Å². The molecule has 0 spiro atoms. The van der Waals surface area contributed by atoms with Crippen LogP contribution < -0.4 is 5.32 Å². The van der Waals surface area contributed by atoms with E-state index in [1.54, 1.807) is 17.5 Å². The maximum absolute atomic E-state index is 12.4. The molecule has 1 aliphatic heterocycles. The highest BCUT2D eigenvalue weighted by molar-refractivity contribution is 7.08. The quantitative estimate of drug-likeness (QED) is 0.944. The predicted molar refractivity (Wildman–Crippen MR) is 81.5 cm³/mol. The summed E-state index contributed by atoms with van der Waals surface area (Å²) in [5, 5.41) is 6.98. The summed E-state index contributed by atoms with van der Waals surface area (Å²) in [6, 6.07) is -0.0236. The molecule has 1 aliphatic rings. The average Bonchev–Trinajstić information content (AvgIpc) is 3.17. The molecule has 0 saturated carbocycles. The number of aromatic nitrogens is 2. The van der Waals surface area contributed by atoms with Crippen LogP contribution in [0, 0.1) is 6.92 Å². The average molecular weight is 305 g/mol. The molecule has 2 aromatic heterocycles. The lowest BCUT2D eigenvalue weighted by molar-refractivity contribution is 0.0775. The number of rotatable bonds is 4. The molecule has 0 bridgehead atoms. The van der Waals surface area contributed by atoms with E-state index in [2.05, 4.69) is 21.8 Å². The summed E-state index contributed by atoms with van der Waals surface area (Å²) in [6.45, 7) is 5.52. The van der Waals surface area contributed by atoms with Gasteiger partial charge in [0, 0.05) is 30.9 Å². The summed E-state index contributed by atoms with van der Waals surface area (Å²) in [5.74, 6) is 0.867. The predicted octanol–water partition coefficient (Wildman–Crippen LogP) is 2.53. The SMILES string of the molecule is CCn1ccnc1[C@H]1OCC[C@@H]1NC(=O)c1cscc1C. The van der Waals surface area contributed by atoms with Crippen LogP contribution in [0.25, 0.3) is 0 Å². The largest absolute Gasteiger partial charge is 0.368 e. The Kier molecular flexibility index (Phi) is 4.07. The smallest absolute Gasteiger partial charge is 0.252 e. The van der Waals surface area contributed by atoms with Crippen molar-refractivity contribution in [1.29, 1.82) is 0 Å². The van der Waals surface area contributed by atoms with Crippen molar-refractivity contribution >= 4 is 17.2 Å². The molecule has 3 rings (SSSR count). The first kappa shape index (κ1) is 14.3. The van der Waals surface area contributed by atoms with Gasteiger partial charge in [0.15, 0.2) is 0 Å². The van der Waals surface area contributed by atoms with Crippen molar-refractivity contribution in [2.45, 2.75) is 39.0 Å². The second-order valence-electron chi connectivity index (χ2n) is 5.20. The van der Waals surface area contributed by atoms with Crippen LogP contribution in [-0.4, -0.2) is 28.1 Å². The number of nitrogens with one attached hydrogen (secondary N) is 1. The molecule has 0 aromatic carbocycles. The van der Waals surface area contributed by atoms with Crippen molar-refractivity contribution in [3.05, 3.63) is 40.1 Å². The Morgan fingerprint density at radius 3 is 3.14 bits per heavy atom. The Balaban J connectivity index is 1.76. The Bertz CT molecular complexity index is 634. The zero-order chi connectivity index (χ0) is 14.8. The van der Waals surface area contributed by atoms with E-state index in [-0.39, 0.29) is 18.1 Å². The van der Waals surface area contributed by atoms with Gasteiger partial charge in [-0.15, -0.1) is 0 Å². The minimum atomic E-state index is -0.164. The van der Waals surface area contributed by atoms with E-state index in [1.165, 1.54) is 0 Å². The number of nitrogens with zero attached hydrogens (tertiary/aromatic N) is 2. The third-order valence-electron chi connectivity index (χ3n) is 3.85. The molecule has 6 heteroatoms. The molecule has 1 fully saturated rings. The highest BCUT2D eigenvalue weighted by Crippen LogP contribution is 2.28. The number of carbonyl (C=O) groups is 1. The molecule has 112 valence electrons. The fraction of sp³-hybridized carbons (Fsp3) is 0.467. The molecule has 3 heterocycles. The number of thiophene rings is 1. The number of hydrogen-bond donors (Lipinski definition) is 1. The van der Waals surface area contributed by atoms with Gasteiger partial charge < -0.3 is 14.6 Å². The van der Waals surface area contributed by atoms with Crippen LogP contribution in [0.4, 0.5) is 0 Å². The molecule has 0 aliphatic carbocycles. The molecule has 1 N–H and O–H groups in total. The number of imidazole rings is 1. The molecule has 21 heavy (non-hydrogen) atoms. The van der Waals surface area contributed by atoms with Crippen molar-refractivity contribution < 1.29 is 9.53 Å². The van der Waals surface area contributed by atoms with Gasteiger partial charge >= 0.3 is 0 Å². The van der Waals surface area contributed by atoms with Crippen molar-refractivity contribution in [1.82, 2.24) is 14.9 Å². The minimum Gasteiger partial charge on any atom is -0.368 e. The third kappa shape index (κ3) is 2.73. The molecule has 5 nitrogen and oxygen atoms in total. The van der Waals surface area contributed by atoms with Gasteiger partial charge in [-0.2, -0.15) is 11.3 Å². The van der Waals surface area contributed by atoms with Gasteiger partial charge in [-0.25, -0.2) is 4.98 Å². The normalized spacial score (nSPS) is 21.6. The van der Waals surface area contributed by atoms with Crippen molar-refractivity contribution in [2.75, 3.05) is 6.61 Å². The van der Waals surface area contributed by atoms with Crippen LogP contribution in [0.2, 0.25) is 0 Å². The van der Waals surface area contributed by atoms with Crippen LogP contribution in [0.5, 0.6) is 0 Å². The molecule has 1 saturated heterocycles. The lowest BCUT2D eigenvalue weighted by atomic mass is 10.1. The first-order valence-corrected chi connectivity index (χ1v) is 8.11. The van der Waals surface area contributed by atoms with Crippen LogP contribution in [0.1, 0.15) is 41.2 Å². The second-order valence-corrected chi connectivity index (χ2v) is 5.94. The molecular weight excluding hydrogens is 286 g/mol. The van der Waals surface area contributed by atoms with Crippen LogP contribution >= 0.6 is 11.3 Å². The summed E-state index contributed by atoms with van der Waals surface area (Å²) in [7, 11) is 0. The van der Waals surface area contributed by atoms with Crippen molar-refractivity contribution in [3.63, 3.8) is 0 Å². The number of carbonyl (C=O) groups excluding carboxylic acids is 1. The molecule has 0 unspecified atom stereocenters. The van der Waals surface area contributed by atoms with Gasteiger partial charge in [-0.3, -0.25) is 4.79 Å². The molecule has 0 radical (unpaired) electrons. The first-order valence-electron chi connectivity index (χ1n) is 7.17. The topological polar surface area (TPSA) is 56.1 Å². The molecule has 2 atom stereocenters. The van der Waals surface area contributed by atoms with Gasteiger partial charge in [0.25, 0.3) is 5.91 Å². The summed E-state index contributed by atoms with van der Waals surface area (Å²) in [4.78, 5) is 16.8. The van der Waals surface area contributed by atoms with E-state index in [0.717, 1.165) is 29.9 Å². The van der Waals surface area contributed by atoms with E-state index < -0.39 is 0 Å². The molecule has 2 aromatic rings. The summed E-state index contributed by atoms with van der Waals surface area (Å²) < 4.78 is 7.87. The van der Waals surface area contributed by atoms with Crippen molar-refractivity contribution in [2.24, 2.45) is 0 Å². The summed E-state index contributed by atoms with van der Waals surface area (Å²) in [5.41, 5.74) is 1.77. The fourth-order valence-electron chi connectivity index (χ4n) is 2.68. The second kappa shape index (κ2) is 5.99.